The molecule has 0 aromatic heterocycles. The lowest BCUT2D eigenvalue weighted by Gasteiger charge is -2.38. The van der Waals surface area contributed by atoms with Gasteiger partial charge in [0.15, 0.2) is 0 Å². The zero-order chi connectivity index (χ0) is 16.8. The molecule has 0 radical (unpaired) electrons. The third-order valence-corrected chi connectivity index (χ3v) is 3.78. The van der Waals surface area contributed by atoms with Crippen LogP contribution in [0.5, 0.6) is 5.75 Å². The summed E-state index contributed by atoms with van der Waals surface area (Å²) >= 11 is 0. The van der Waals surface area contributed by atoms with Gasteiger partial charge in [0.25, 0.3) is 0 Å². The van der Waals surface area contributed by atoms with Crippen molar-refractivity contribution >= 4 is 6.09 Å². The van der Waals surface area contributed by atoms with Crippen LogP contribution in [0, 0.1) is 5.82 Å². The highest BCUT2D eigenvalue weighted by Gasteiger charge is 2.30. The number of nitrogens with one attached hydrogen (secondary N) is 1. The second-order valence-corrected chi connectivity index (χ2v) is 5.67. The van der Waals surface area contributed by atoms with Crippen molar-refractivity contribution < 1.29 is 18.7 Å². The smallest absolute Gasteiger partial charge is 0.410 e. The van der Waals surface area contributed by atoms with Gasteiger partial charge in [-0.1, -0.05) is 12.7 Å². The molecule has 0 aliphatic carbocycles. The van der Waals surface area contributed by atoms with Crippen LogP contribution in [0.2, 0.25) is 0 Å². The number of piperazine rings is 1. The topological polar surface area (TPSA) is 50.8 Å². The van der Waals surface area contributed by atoms with Crippen LogP contribution >= 0.6 is 0 Å². The summed E-state index contributed by atoms with van der Waals surface area (Å²) < 4.78 is 24.5. The molecule has 23 heavy (non-hydrogen) atoms. The molecule has 2 rings (SSSR count). The molecular formula is C17H23FN2O3. The first-order chi connectivity index (χ1) is 11.0. The Hall–Kier alpha value is -2.08. The molecule has 0 spiro atoms. The molecule has 1 amide bonds. The summed E-state index contributed by atoms with van der Waals surface area (Å²) in [6, 6.07) is 4.45. The summed E-state index contributed by atoms with van der Waals surface area (Å²) in [5.41, 5.74) is 0.287. The van der Waals surface area contributed by atoms with Crippen molar-refractivity contribution in [3.05, 3.63) is 42.2 Å². The van der Waals surface area contributed by atoms with Crippen LogP contribution in [-0.4, -0.2) is 42.8 Å². The molecule has 1 aliphatic rings. The van der Waals surface area contributed by atoms with E-state index in [2.05, 4.69) is 11.9 Å². The second-order valence-electron chi connectivity index (χ2n) is 5.67. The number of nitrogens with zero attached hydrogens (tertiary/aromatic N) is 1. The Morgan fingerprint density at radius 2 is 2.13 bits per heavy atom. The number of amides is 1. The van der Waals surface area contributed by atoms with Crippen LogP contribution in [-0.2, 0) is 11.3 Å². The minimum absolute atomic E-state index is 0.0401. The number of hydrogen-bond acceptors (Lipinski definition) is 4. The SMILES string of the molecule is C=CCOc1ccc(F)c(COC(=O)N2[C@H](C)CNC[C@@H]2C)c1. The van der Waals surface area contributed by atoms with E-state index >= 15 is 0 Å². The third kappa shape index (κ3) is 4.45. The minimum Gasteiger partial charge on any atom is -0.490 e. The van der Waals surface area contributed by atoms with Crippen molar-refractivity contribution in [3.8, 4) is 5.75 Å². The van der Waals surface area contributed by atoms with E-state index in [1.54, 1.807) is 11.0 Å². The van der Waals surface area contributed by atoms with E-state index in [0.29, 0.717) is 12.4 Å². The highest BCUT2D eigenvalue weighted by atomic mass is 19.1. The standard InChI is InChI=1S/C17H23FN2O3/c1-4-7-22-15-5-6-16(18)14(8-15)11-23-17(21)20-12(2)9-19-10-13(20)3/h4-6,8,12-13,19H,1,7,9-11H2,2-3H3/t12-,13+. The summed E-state index contributed by atoms with van der Waals surface area (Å²) in [4.78, 5) is 14.0. The van der Waals surface area contributed by atoms with Crippen LogP contribution < -0.4 is 10.1 Å². The van der Waals surface area contributed by atoms with E-state index in [-0.39, 0.29) is 24.3 Å². The van der Waals surface area contributed by atoms with Gasteiger partial charge in [0, 0.05) is 30.7 Å². The van der Waals surface area contributed by atoms with E-state index in [4.69, 9.17) is 9.47 Å². The Morgan fingerprint density at radius 1 is 1.43 bits per heavy atom. The number of ether oxygens (including phenoxy) is 2. The molecule has 1 fully saturated rings. The predicted molar refractivity (Wildman–Crippen MR) is 85.9 cm³/mol. The lowest BCUT2D eigenvalue weighted by molar-refractivity contribution is 0.0557. The van der Waals surface area contributed by atoms with Gasteiger partial charge in [-0.3, -0.25) is 0 Å². The highest BCUT2D eigenvalue weighted by Crippen LogP contribution is 2.19. The van der Waals surface area contributed by atoms with Gasteiger partial charge >= 0.3 is 6.09 Å². The van der Waals surface area contributed by atoms with E-state index in [9.17, 15) is 9.18 Å². The summed E-state index contributed by atoms with van der Waals surface area (Å²) in [7, 11) is 0. The summed E-state index contributed by atoms with van der Waals surface area (Å²) in [6.07, 6.45) is 1.18. The molecule has 1 saturated heterocycles. The number of halogens is 1. The third-order valence-electron chi connectivity index (χ3n) is 3.78. The summed E-state index contributed by atoms with van der Waals surface area (Å²) in [5.74, 6) is 0.0893. The molecule has 1 N–H and O–H groups in total. The van der Waals surface area contributed by atoms with Gasteiger partial charge in [-0.25, -0.2) is 9.18 Å². The first kappa shape index (κ1) is 17.3. The molecule has 1 aliphatic heterocycles. The van der Waals surface area contributed by atoms with Crippen molar-refractivity contribution in [1.82, 2.24) is 10.2 Å². The molecule has 1 aromatic carbocycles. The molecule has 2 atom stereocenters. The molecule has 1 heterocycles. The van der Waals surface area contributed by atoms with E-state index in [1.807, 2.05) is 13.8 Å². The zero-order valence-electron chi connectivity index (χ0n) is 13.5. The molecule has 0 saturated carbocycles. The average molecular weight is 322 g/mol. The van der Waals surface area contributed by atoms with Gasteiger partial charge < -0.3 is 19.7 Å². The number of carbonyl (C=O) groups excluding carboxylic acids is 1. The van der Waals surface area contributed by atoms with Crippen LogP contribution in [0.15, 0.2) is 30.9 Å². The van der Waals surface area contributed by atoms with Crippen molar-refractivity contribution in [2.75, 3.05) is 19.7 Å². The monoisotopic (exact) mass is 322 g/mol. The lowest BCUT2D eigenvalue weighted by Crippen LogP contribution is -2.57. The molecule has 0 unspecified atom stereocenters. The van der Waals surface area contributed by atoms with Crippen molar-refractivity contribution in [2.45, 2.75) is 32.5 Å². The first-order valence-corrected chi connectivity index (χ1v) is 7.71. The van der Waals surface area contributed by atoms with Gasteiger partial charge in [-0.05, 0) is 32.0 Å². The Bertz CT molecular complexity index is 555. The Kier molecular flexibility index (Phi) is 5.98. The van der Waals surface area contributed by atoms with Crippen molar-refractivity contribution in [1.29, 1.82) is 0 Å². The number of hydrogen-bond donors (Lipinski definition) is 1. The average Bonchev–Trinajstić information content (AvgIpc) is 2.52. The Morgan fingerprint density at radius 3 is 2.78 bits per heavy atom. The lowest BCUT2D eigenvalue weighted by atomic mass is 10.1. The predicted octanol–water partition coefficient (Wildman–Crippen LogP) is 2.71. The fourth-order valence-electron chi connectivity index (χ4n) is 2.61. The minimum atomic E-state index is -0.427. The Labute approximate surface area is 136 Å². The van der Waals surface area contributed by atoms with Gasteiger partial charge in [-0.15, -0.1) is 0 Å². The van der Waals surface area contributed by atoms with Gasteiger partial charge in [0.1, 0.15) is 24.8 Å². The van der Waals surface area contributed by atoms with Crippen LogP contribution in [0.1, 0.15) is 19.4 Å². The fraction of sp³-hybridized carbons (Fsp3) is 0.471. The molecule has 0 bridgehead atoms. The van der Waals surface area contributed by atoms with Crippen molar-refractivity contribution in [3.63, 3.8) is 0 Å². The first-order valence-electron chi connectivity index (χ1n) is 7.71. The molecular weight excluding hydrogens is 299 g/mol. The van der Waals surface area contributed by atoms with Gasteiger partial charge in [0.05, 0.1) is 0 Å². The summed E-state index contributed by atoms with van der Waals surface area (Å²) in [6.45, 7) is 9.12. The molecule has 6 heteroatoms. The van der Waals surface area contributed by atoms with Gasteiger partial charge in [0.2, 0.25) is 0 Å². The quantitative estimate of drug-likeness (QED) is 0.847. The van der Waals surface area contributed by atoms with E-state index < -0.39 is 11.9 Å². The van der Waals surface area contributed by atoms with Crippen molar-refractivity contribution in [2.24, 2.45) is 0 Å². The largest absolute Gasteiger partial charge is 0.490 e. The molecule has 1 aromatic rings. The highest BCUT2D eigenvalue weighted by molar-refractivity contribution is 5.68. The maximum atomic E-state index is 13.8. The van der Waals surface area contributed by atoms with Gasteiger partial charge in [-0.2, -0.15) is 0 Å². The number of benzene rings is 1. The number of carbonyl (C=O) groups is 1. The van der Waals surface area contributed by atoms with Crippen LogP contribution in [0.4, 0.5) is 9.18 Å². The molecule has 126 valence electrons. The number of rotatable bonds is 5. The zero-order valence-corrected chi connectivity index (χ0v) is 13.5. The fourth-order valence-corrected chi connectivity index (χ4v) is 2.61. The molecule has 5 nitrogen and oxygen atoms in total. The Balaban J connectivity index is 1.99. The maximum Gasteiger partial charge on any atom is 0.410 e. The van der Waals surface area contributed by atoms with E-state index in [1.165, 1.54) is 18.2 Å². The maximum absolute atomic E-state index is 13.8. The van der Waals surface area contributed by atoms with Crippen LogP contribution in [0.3, 0.4) is 0 Å². The normalized spacial score (nSPS) is 20.9. The van der Waals surface area contributed by atoms with E-state index in [0.717, 1.165) is 13.1 Å². The van der Waals surface area contributed by atoms with Crippen LogP contribution in [0.25, 0.3) is 0 Å². The second kappa shape index (κ2) is 7.97. The summed E-state index contributed by atoms with van der Waals surface area (Å²) in [5, 5.41) is 3.25.